The van der Waals surface area contributed by atoms with Crippen molar-refractivity contribution in [3.05, 3.63) is 17.0 Å². The number of primary sulfonamides is 1. The molecule has 1 aliphatic rings. The first-order valence-corrected chi connectivity index (χ1v) is 9.09. The molecule has 1 aromatic rings. The van der Waals surface area contributed by atoms with E-state index in [1.807, 2.05) is 6.92 Å². The molecule has 8 heteroatoms. The van der Waals surface area contributed by atoms with E-state index < -0.39 is 10.0 Å². The number of carbonyl (C=O) groups excluding carboxylic acids is 1. The summed E-state index contributed by atoms with van der Waals surface area (Å²) < 4.78 is 28.0. The Morgan fingerprint density at radius 2 is 2.19 bits per heavy atom. The highest BCUT2D eigenvalue weighted by atomic mass is 32.2. The van der Waals surface area contributed by atoms with Crippen molar-refractivity contribution >= 4 is 27.3 Å². The standard InChI is InChI=1S/C13H20N2O4S2/c1-9(10-4-5-12(20-10)21(14,17)18)15-11(16)8-13(19-2)6-3-7-13/h4-5,9H,3,6-8H2,1-2H3,(H,15,16)(H2,14,17,18). The molecule has 2 rings (SSSR count). The molecule has 118 valence electrons. The van der Waals surface area contributed by atoms with Crippen LogP contribution in [0.4, 0.5) is 0 Å². The van der Waals surface area contributed by atoms with Gasteiger partial charge in [0.25, 0.3) is 0 Å². The van der Waals surface area contributed by atoms with Gasteiger partial charge in [0.15, 0.2) is 0 Å². The summed E-state index contributed by atoms with van der Waals surface area (Å²) in [7, 11) is -2.05. The average Bonchev–Trinajstić information content (AvgIpc) is 2.83. The van der Waals surface area contributed by atoms with Crippen LogP contribution in [0.5, 0.6) is 0 Å². The largest absolute Gasteiger partial charge is 0.378 e. The van der Waals surface area contributed by atoms with E-state index in [4.69, 9.17) is 9.88 Å². The van der Waals surface area contributed by atoms with Crippen LogP contribution >= 0.6 is 11.3 Å². The zero-order valence-electron chi connectivity index (χ0n) is 12.1. The molecule has 1 atom stereocenters. The van der Waals surface area contributed by atoms with Gasteiger partial charge in [-0.25, -0.2) is 13.6 Å². The van der Waals surface area contributed by atoms with Crippen molar-refractivity contribution in [1.29, 1.82) is 0 Å². The minimum absolute atomic E-state index is 0.0883. The minimum atomic E-state index is -3.69. The number of sulfonamides is 1. The number of nitrogens with one attached hydrogen (secondary N) is 1. The number of methoxy groups -OCH3 is 1. The summed E-state index contributed by atoms with van der Waals surface area (Å²) in [5.41, 5.74) is -0.314. The van der Waals surface area contributed by atoms with Crippen molar-refractivity contribution in [2.75, 3.05) is 7.11 Å². The lowest BCUT2D eigenvalue weighted by molar-refractivity contribution is -0.134. The quantitative estimate of drug-likeness (QED) is 0.825. The van der Waals surface area contributed by atoms with Crippen LogP contribution in [0, 0.1) is 0 Å². The Balaban J connectivity index is 1.96. The minimum Gasteiger partial charge on any atom is -0.378 e. The van der Waals surface area contributed by atoms with Gasteiger partial charge in [0, 0.05) is 12.0 Å². The van der Waals surface area contributed by atoms with Gasteiger partial charge in [0.05, 0.1) is 18.1 Å². The summed E-state index contributed by atoms with van der Waals surface area (Å²) in [6.45, 7) is 1.82. The zero-order valence-corrected chi connectivity index (χ0v) is 13.7. The molecule has 6 nitrogen and oxygen atoms in total. The second-order valence-corrected chi connectivity index (χ2v) is 8.31. The molecule has 0 spiro atoms. The van der Waals surface area contributed by atoms with Crippen molar-refractivity contribution in [1.82, 2.24) is 5.32 Å². The van der Waals surface area contributed by atoms with E-state index in [9.17, 15) is 13.2 Å². The van der Waals surface area contributed by atoms with Crippen molar-refractivity contribution in [3.8, 4) is 0 Å². The molecule has 1 saturated carbocycles. The highest BCUT2D eigenvalue weighted by Crippen LogP contribution is 2.38. The molecular formula is C13H20N2O4S2. The number of nitrogens with two attached hydrogens (primary N) is 1. The van der Waals surface area contributed by atoms with E-state index in [-0.39, 0.29) is 21.8 Å². The van der Waals surface area contributed by atoms with Crippen molar-refractivity contribution in [2.24, 2.45) is 5.14 Å². The highest BCUT2D eigenvalue weighted by molar-refractivity contribution is 7.91. The van der Waals surface area contributed by atoms with E-state index in [0.717, 1.165) is 35.5 Å². The van der Waals surface area contributed by atoms with Crippen LogP contribution in [-0.2, 0) is 19.6 Å². The molecule has 1 aliphatic carbocycles. The van der Waals surface area contributed by atoms with E-state index in [2.05, 4.69) is 5.32 Å². The fourth-order valence-corrected chi connectivity index (χ4v) is 4.15. The maximum atomic E-state index is 12.1. The number of thiophene rings is 1. The third kappa shape index (κ3) is 3.82. The summed E-state index contributed by atoms with van der Waals surface area (Å²) >= 11 is 1.07. The third-order valence-electron chi connectivity index (χ3n) is 3.87. The van der Waals surface area contributed by atoms with Gasteiger partial charge in [-0.3, -0.25) is 4.79 Å². The third-order valence-corrected chi connectivity index (χ3v) is 6.57. The van der Waals surface area contributed by atoms with Crippen molar-refractivity contribution < 1.29 is 17.9 Å². The first-order valence-electron chi connectivity index (χ1n) is 6.73. The van der Waals surface area contributed by atoms with Gasteiger partial charge in [-0.1, -0.05) is 0 Å². The fourth-order valence-electron chi connectivity index (χ4n) is 2.40. The predicted octanol–water partition coefficient (Wildman–Crippen LogP) is 1.53. The summed E-state index contributed by atoms with van der Waals surface area (Å²) in [5, 5.41) is 7.95. The number of hydrogen-bond donors (Lipinski definition) is 2. The number of rotatable bonds is 6. The van der Waals surface area contributed by atoms with Crippen LogP contribution in [0.15, 0.2) is 16.3 Å². The molecule has 1 amide bonds. The van der Waals surface area contributed by atoms with Gasteiger partial charge in [0.2, 0.25) is 15.9 Å². The van der Waals surface area contributed by atoms with Crippen LogP contribution in [0.25, 0.3) is 0 Å². The van der Waals surface area contributed by atoms with Gasteiger partial charge in [-0.05, 0) is 38.3 Å². The maximum Gasteiger partial charge on any atom is 0.247 e. The molecule has 0 aromatic carbocycles. The number of carbonyl (C=O) groups is 1. The molecule has 21 heavy (non-hydrogen) atoms. The zero-order chi connectivity index (χ0) is 15.7. The van der Waals surface area contributed by atoms with Crippen LogP contribution in [0.2, 0.25) is 0 Å². The van der Waals surface area contributed by atoms with E-state index in [0.29, 0.717) is 6.42 Å². The number of hydrogen-bond acceptors (Lipinski definition) is 5. The molecule has 3 N–H and O–H groups in total. The number of amides is 1. The molecule has 1 fully saturated rings. The monoisotopic (exact) mass is 332 g/mol. The Morgan fingerprint density at radius 1 is 1.52 bits per heavy atom. The van der Waals surface area contributed by atoms with Crippen LogP contribution < -0.4 is 10.5 Å². The van der Waals surface area contributed by atoms with E-state index in [1.54, 1.807) is 13.2 Å². The molecule has 0 aliphatic heterocycles. The smallest absolute Gasteiger partial charge is 0.247 e. The Hall–Kier alpha value is -0.960. The number of ether oxygens (including phenoxy) is 1. The molecule has 1 heterocycles. The summed E-state index contributed by atoms with van der Waals surface area (Å²) in [6, 6.07) is 2.87. The summed E-state index contributed by atoms with van der Waals surface area (Å²) in [5.74, 6) is -0.0883. The summed E-state index contributed by atoms with van der Waals surface area (Å²) in [4.78, 5) is 12.8. The maximum absolute atomic E-state index is 12.1. The Labute approximate surface area is 128 Å². The SMILES string of the molecule is COC1(CC(=O)NC(C)c2ccc(S(N)(=O)=O)s2)CCC1. The highest BCUT2D eigenvalue weighted by Gasteiger charge is 2.39. The summed E-state index contributed by atoms with van der Waals surface area (Å²) in [6.07, 6.45) is 3.22. The van der Waals surface area contributed by atoms with Gasteiger partial charge < -0.3 is 10.1 Å². The van der Waals surface area contributed by atoms with E-state index >= 15 is 0 Å². The normalized spacial score (nSPS) is 18.8. The first kappa shape index (κ1) is 16.4. The lowest BCUT2D eigenvalue weighted by Gasteiger charge is -2.40. The lowest BCUT2D eigenvalue weighted by atomic mass is 9.77. The van der Waals surface area contributed by atoms with Gasteiger partial charge in [-0.15, -0.1) is 11.3 Å². The average molecular weight is 332 g/mol. The second kappa shape index (κ2) is 6.04. The molecular weight excluding hydrogens is 312 g/mol. The Bertz CT molecular complexity index is 614. The topological polar surface area (TPSA) is 98.5 Å². The molecule has 1 unspecified atom stereocenters. The molecule has 1 aromatic heterocycles. The van der Waals surface area contributed by atoms with E-state index in [1.165, 1.54) is 6.07 Å². The Kier molecular flexibility index (Phi) is 4.72. The van der Waals surface area contributed by atoms with Crippen molar-refractivity contribution in [2.45, 2.75) is 48.5 Å². The molecule has 0 bridgehead atoms. The van der Waals surface area contributed by atoms with Gasteiger partial charge in [-0.2, -0.15) is 0 Å². The predicted molar refractivity (Wildman–Crippen MR) is 80.5 cm³/mol. The van der Waals surface area contributed by atoms with Crippen LogP contribution in [0.3, 0.4) is 0 Å². The van der Waals surface area contributed by atoms with Crippen LogP contribution in [-0.4, -0.2) is 27.0 Å². The van der Waals surface area contributed by atoms with Crippen molar-refractivity contribution in [3.63, 3.8) is 0 Å². The van der Waals surface area contributed by atoms with Crippen LogP contribution in [0.1, 0.15) is 43.5 Å². The van der Waals surface area contributed by atoms with Gasteiger partial charge >= 0.3 is 0 Å². The fraction of sp³-hybridized carbons (Fsp3) is 0.615. The first-order chi connectivity index (χ1) is 9.76. The molecule has 0 saturated heterocycles. The Morgan fingerprint density at radius 3 is 2.62 bits per heavy atom. The van der Waals surface area contributed by atoms with Gasteiger partial charge in [0.1, 0.15) is 4.21 Å². The second-order valence-electron chi connectivity index (χ2n) is 5.41. The molecule has 0 radical (unpaired) electrons. The lowest BCUT2D eigenvalue weighted by Crippen LogP contribution is -2.44.